The molecule has 1 aromatic carbocycles. The molecule has 2 aromatic rings. The lowest BCUT2D eigenvalue weighted by atomic mass is 10.0. The zero-order chi connectivity index (χ0) is 15.6. The summed E-state index contributed by atoms with van der Waals surface area (Å²) in [6.45, 7) is 1.78. The number of halogens is 2. The van der Waals surface area contributed by atoms with E-state index in [-0.39, 0.29) is 28.7 Å². The summed E-state index contributed by atoms with van der Waals surface area (Å²) >= 11 is 11.6. The molecule has 1 aromatic heterocycles. The van der Waals surface area contributed by atoms with Gasteiger partial charge in [-0.1, -0.05) is 35.3 Å². The van der Waals surface area contributed by atoms with Crippen LogP contribution in [0.3, 0.4) is 0 Å². The number of esters is 1. The SMILES string of the molecule is CCOC(=O)c1[nH]c(Cl)c([N+](=O)[O-])c1-c1ccc(Cl)cc1. The fraction of sp³-hybridized carbons (Fsp3) is 0.154. The Labute approximate surface area is 129 Å². The van der Waals surface area contributed by atoms with Gasteiger partial charge < -0.3 is 9.72 Å². The van der Waals surface area contributed by atoms with Crippen molar-refractivity contribution < 1.29 is 14.5 Å². The quantitative estimate of drug-likeness (QED) is 0.520. The molecular weight excluding hydrogens is 319 g/mol. The Hall–Kier alpha value is -2.05. The van der Waals surface area contributed by atoms with E-state index in [0.717, 1.165) is 0 Å². The first-order chi connectivity index (χ1) is 9.95. The molecule has 0 bridgehead atoms. The molecule has 0 radical (unpaired) electrons. The van der Waals surface area contributed by atoms with Crippen molar-refractivity contribution in [2.45, 2.75) is 6.92 Å². The molecule has 0 spiro atoms. The van der Waals surface area contributed by atoms with Crippen molar-refractivity contribution in [1.82, 2.24) is 4.98 Å². The Bertz CT molecular complexity index is 695. The smallest absolute Gasteiger partial charge is 0.355 e. The molecule has 1 N–H and O–H groups in total. The predicted molar refractivity (Wildman–Crippen MR) is 78.9 cm³/mol. The number of H-pyrrole nitrogens is 1. The van der Waals surface area contributed by atoms with Crippen molar-refractivity contribution in [3.8, 4) is 11.1 Å². The number of carbonyl (C=O) groups excluding carboxylic acids is 1. The molecule has 110 valence electrons. The van der Waals surface area contributed by atoms with Crippen LogP contribution >= 0.6 is 23.2 Å². The van der Waals surface area contributed by atoms with Crippen molar-refractivity contribution >= 4 is 34.9 Å². The molecule has 0 aliphatic carbocycles. The molecule has 0 saturated carbocycles. The lowest BCUT2D eigenvalue weighted by Crippen LogP contribution is -2.06. The van der Waals surface area contributed by atoms with Crippen LogP contribution in [0.25, 0.3) is 11.1 Å². The minimum Gasteiger partial charge on any atom is -0.461 e. The van der Waals surface area contributed by atoms with Crippen molar-refractivity contribution in [1.29, 1.82) is 0 Å². The molecule has 6 nitrogen and oxygen atoms in total. The highest BCUT2D eigenvalue weighted by Gasteiger charge is 2.31. The average molecular weight is 329 g/mol. The van der Waals surface area contributed by atoms with Crippen LogP contribution in [0.15, 0.2) is 24.3 Å². The molecule has 21 heavy (non-hydrogen) atoms. The van der Waals surface area contributed by atoms with Crippen LogP contribution in [-0.2, 0) is 4.74 Å². The first kappa shape index (κ1) is 15.3. The van der Waals surface area contributed by atoms with Gasteiger partial charge in [-0.25, -0.2) is 4.79 Å². The first-order valence-electron chi connectivity index (χ1n) is 5.94. The number of aromatic amines is 1. The third-order valence-electron chi connectivity index (χ3n) is 2.72. The summed E-state index contributed by atoms with van der Waals surface area (Å²) in [4.78, 5) is 25.0. The Morgan fingerprint density at radius 1 is 1.33 bits per heavy atom. The van der Waals surface area contributed by atoms with Crippen LogP contribution in [0.5, 0.6) is 0 Å². The number of nitro groups is 1. The maximum absolute atomic E-state index is 11.9. The zero-order valence-corrected chi connectivity index (χ0v) is 12.4. The highest BCUT2D eigenvalue weighted by atomic mass is 35.5. The molecule has 0 fully saturated rings. The van der Waals surface area contributed by atoms with Crippen LogP contribution in [0.2, 0.25) is 10.2 Å². The minimum absolute atomic E-state index is 0.0594. The topological polar surface area (TPSA) is 85.2 Å². The largest absolute Gasteiger partial charge is 0.461 e. The predicted octanol–water partition coefficient (Wildman–Crippen LogP) is 4.07. The van der Waals surface area contributed by atoms with Crippen LogP contribution in [0.1, 0.15) is 17.4 Å². The van der Waals surface area contributed by atoms with Gasteiger partial charge >= 0.3 is 11.7 Å². The van der Waals surface area contributed by atoms with Gasteiger partial charge in [-0.05, 0) is 24.6 Å². The van der Waals surface area contributed by atoms with E-state index in [0.29, 0.717) is 10.6 Å². The molecular formula is C13H10Cl2N2O4. The van der Waals surface area contributed by atoms with Crippen molar-refractivity contribution in [2.75, 3.05) is 6.61 Å². The summed E-state index contributed by atoms with van der Waals surface area (Å²) in [6, 6.07) is 6.27. The highest BCUT2D eigenvalue weighted by molar-refractivity contribution is 6.33. The Balaban J connectivity index is 2.67. The fourth-order valence-corrected chi connectivity index (χ4v) is 2.27. The second-order valence-electron chi connectivity index (χ2n) is 4.02. The number of hydrogen-bond donors (Lipinski definition) is 1. The monoisotopic (exact) mass is 328 g/mol. The van der Waals surface area contributed by atoms with E-state index in [1.54, 1.807) is 31.2 Å². The van der Waals surface area contributed by atoms with Gasteiger partial charge in [-0.3, -0.25) is 10.1 Å². The third-order valence-corrected chi connectivity index (χ3v) is 3.25. The lowest BCUT2D eigenvalue weighted by molar-refractivity contribution is -0.383. The Morgan fingerprint density at radius 3 is 2.48 bits per heavy atom. The van der Waals surface area contributed by atoms with Gasteiger partial charge in [-0.15, -0.1) is 0 Å². The van der Waals surface area contributed by atoms with Gasteiger partial charge in [-0.2, -0.15) is 0 Å². The van der Waals surface area contributed by atoms with Gasteiger partial charge in [0.1, 0.15) is 5.69 Å². The number of aromatic nitrogens is 1. The molecule has 8 heteroatoms. The first-order valence-corrected chi connectivity index (χ1v) is 6.70. The maximum atomic E-state index is 11.9. The summed E-state index contributed by atoms with van der Waals surface area (Å²) in [7, 11) is 0. The summed E-state index contributed by atoms with van der Waals surface area (Å²) in [6.07, 6.45) is 0. The third kappa shape index (κ3) is 3.01. The number of nitrogens with zero attached hydrogens (tertiary/aromatic N) is 1. The lowest BCUT2D eigenvalue weighted by Gasteiger charge is -2.04. The number of hydrogen-bond acceptors (Lipinski definition) is 4. The van der Waals surface area contributed by atoms with Crippen LogP contribution in [0, 0.1) is 10.1 Å². The van der Waals surface area contributed by atoms with Gasteiger partial charge in [0.2, 0.25) is 0 Å². The van der Waals surface area contributed by atoms with Gasteiger partial charge in [0, 0.05) is 5.02 Å². The fourth-order valence-electron chi connectivity index (χ4n) is 1.88. The van der Waals surface area contributed by atoms with E-state index < -0.39 is 10.9 Å². The maximum Gasteiger partial charge on any atom is 0.355 e. The van der Waals surface area contributed by atoms with E-state index in [1.165, 1.54) is 0 Å². The number of rotatable bonds is 4. The molecule has 0 aliphatic heterocycles. The highest BCUT2D eigenvalue weighted by Crippen LogP contribution is 2.39. The Kier molecular flexibility index (Phi) is 4.50. The molecule has 1 heterocycles. The molecule has 0 unspecified atom stereocenters. The minimum atomic E-state index is -0.711. The average Bonchev–Trinajstić information content (AvgIpc) is 2.77. The normalized spacial score (nSPS) is 10.4. The van der Waals surface area contributed by atoms with Crippen LogP contribution in [0.4, 0.5) is 5.69 Å². The summed E-state index contributed by atoms with van der Waals surface area (Å²) in [5.74, 6) is -0.711. The standard InChI is InChI=1S/C13H10Cl2N2O4/c1-2-21-13(18)10-9(7-3-5-8(14)6-4-7)11(17(19)20)12(15)16-10/h3-6,16H,2H2,1H3. The van der Waals surface area contributed by atoms with Crippen molar-refractivity contribution in [3.63, 3.8) is 0 Å². The van der Waals surface area contributed by atoms with Crippen LogP contribution < -0.4 is 0 Å². The number of nitrogens with one attached hydrogen (secondary N) is 1. The van der Waals surface area contributed by atoms with Crippen molar-refractivity contribution in [3.05, 3.63) is 50.2 Å². The molecule has 0 atom stereocenters. The second kappa shape index (κ2) is 6.15. The van der Waals surface area contributed by atoms with Gasteiger partial charge in [0.25, 0.3) is 0 Å². The van der Waals surface area contributed by atoms with E-state index in [1.807, 2.05) is 0 Å². The summed E-state index contributed by atoms with van der Waals surface area (Å²) < 4.78 is 4.88. The Morgan fingerprint density at radius 2 is 1.95 bits per heavy atom. The molecule has 2 rings (SSSR count). The van der Waals surface area contributed by atoms with E-state index in [9.17, 15) is 14.9 Å². The molecule has 0 aliphatic rings. The summed E-state index contributed by atoms with van der Waals surface area (Å²) in [5, 5.41) is 11.4. The number of benzene rings is 1. The molecule has 0 saturated heterocycles. The van der Waals surface area contributed by atoms with E-state index >= 15 is 0 Å². The van der Waals surface area contributed by atoms with Gasteiger partial charge in [0.05, 0.1) is 17.1 Å². The number of carbonyl (C=O) groups is 1. The van der Waals surface area contributed by atoms with E-state index in [4.69, 9.17) is 27.9 Å². The van der Waals surface area contributed by atoms with E-state index in [2.05, 4.69) is 4.98 Å². The zero-order valence-electron chi connectivity index (χ0n) is 10.9. The van der Waals surface area contributed by atoms with Gasteiger partial charge in [0.15, 0.2) is 5.15 Å². The van der Waals surface area contributed by atoms with Crippen molar-refractivity contribution in [2.24, 2.45) is 0 Å². The second-order valence-corrected chi connectivity index (χ2v) is 4.84. The number of ether oxygens (including phenoxy) is 1. The van der Waals surface area contributed by atoms with Crippen LogP contribution in [-0.4, -0.2) is 22.5 Å². The summed E-state index contributed by atoms with van der Waals surface area (Å²) in [5.41, 5.74) is 0.0929. The molecule has 0 amide bonds.